The van der Waals surface area contributed by atoms with Gasteiger partial charge in [0, 0.05) is 5.75 Å². The summed E-state index contributed by atoms with van der Waals surface area (Å²) >= 11 is -2.06. The number of rotatable bonds is 4. The maximum absolute atomic E-state index is 9.89. The van der Waals surface area contributed by atoms with Crippen LogP contribution >= 0.6 is 0 Å². The van der Waals surface area contributed by atoms with Crippen molar-refractivity contribution < 1.29 is 18.3 Å². The van der Waals surface area contributed by atoms with Gasteiger partial charge in [0.2, 0.25) is 0 Å². The van der Waals surface area contributed by atoms with Crippen molar-refractivity contribution in [3.63, 3.8) is 0 Å². The molecule has 0 aliphatic heterocycles. The van der Waals surface area contributed by atoms with Gasteiger partial charge in [-0.2, -0.15) is 0 Å². The van der Waals surface area contributed by atoms with Gasteiger partial charge in [-0.15, -0.1) is 0 Å². The highest BCUT2D eigenvalue weighted by molar-refractivity contribution is 7.79. The van der Waals surface area contributed by atoms with Crippen LogP contribution in [0.5, 0.6) is 0 Å². The molecule has 0 bridgehead atoms. The molecule has 1 atom stereocenters. The predicted octanol–water partition coefficient (Wildman–Crippen LogP) is -0.649. The molecule has 0 radical (unpaired) electrons. The molecule has 1 unspecified atom stereocenters. The van der Waals surface area contributed by atoms with E-state index < -0.39 is 17.2 Å². The largest absolute Gasteiger partial charge is 0.772 e. The molecule has 0 fully saturated rings. The Hall–Kier alpha value is -0.620. The van der Waals surface area contributed by atoms with E-state index in [9.17, 15) is 13.6 Å². The summed E-state index contributed by atoms with van der Waals surface area (Å²) in [5.74, 6) is -0.00667. The molecule has 0 aromatic carbocycles. The standard InChI is InChI=1S/C4H9NO4S/c5-4(6)9-2-1-3-10(7)8/h1-3H2,(H2,5,6)(H,7,8)/p-1. The van der Waals surface area contributed by atoms with E-state index in [1.165, 1.54) is 0 Å². The number of carbonyl (C=O) groups excluding carboxylic acids is 1. The fourth-order valence-corrected chi connectivity index (χ4v) is 0.703. The Bertz CT molecular complexity index is 121. The Morgan fingerprint density at radius 1 is 1.70 bits per heavy atom. The number of hydrogen-bond donors (Lipinski definition) is 1. The molecule has 10 heavy (non-hydrogen) atoms. The van der Waals surface area contributed by atoms with Crippen LogP contribution in [0.15, 0.2) is 0 Å². The molecule has 0 heterocycles. The molecular weight excluding hydrogens is 158 g/mol. The Morgan fingerprint density at radius 2 is 2.30 bits per heavy atom. The molecule has 6 heteroatoms. The molecule has 1 amide bonds. The summed E-state index contributed by atoms with van der Waals surface area (Å²) in [5.41, 5.74) is 4.59. The van der Waals surface area contributed by atoms with Gasteiger partial charge < -0.3 is 15.0 Å². The molecule has 0 aliphatic rings. The highest BCUT2D eigenvalue weighted by Gasteiger charge is 1.91. The summed E-state index contributed by atoms with van der Waals surface area (Å²) in [4.78, 5) is 9.89. The smallest absolute Gasteiger partial charge is 0.404 e. The van der Waals surface area contributed by atoms with E-state index in [0.717, 1.165) is 0 Å². The number of nitrogens with two attached hydrogens (primary N) is 1. The van der Waals surface area contributed by atoms with Crippen LogP contribution in [-0.2, 0) is 15.8 Å². The molecule has 0 saturated carbocycles. The van der Waals surface area contributed by atoms with Gasteiger partial charge in [0.1, 0.15) is 0 Å². The quantitative estimate of drug-likeness (QED) is 0.443. The third-order valence-electron chi connectivity index (χ3n) is 0.700. The lowest BCUT2D eigenvalue weighted by Crippen LogP contribution is -2.14. The van der Waals surface area contributed by atoms with Crippen LogP contribution in [-0.4, -0.2) is 27.2 Å². The minimum absolute atomic E-state index is 0.00667. The third kappa shape index (κ3) is 7.38. The molecule has 0 rings (SSSR count). The van der Waals surface area contributed by atoms with Crippen molar-refractivity contribution >= 4 is 17.2 Å². The molecule has 0 aromatic heterocycles. The lowest BCUT2D eigenvalue weighted by atomic mass is 10.5. The van der Waals surface area contributed by atoms with E-state index in [2.05, 4.69) is 10.5 Å². The fourth-order valence-electron chi connectivity index (χ4n) is 0.350. The van der Waals surface area contributed by atoms with E-state index in [-0.39, 0.29) is 12.4 Å². The molecule has 0 aliphatic carbocycles. The van der Waals surface area contributed by atoms with Crippen LogP contribution in [0.2, 0.25) is 0 Å². The Kier molecular flexibility index (Phi) is 4.87. The maximum atomic E-state index is 9.89. The summed E-state index contributed by atoms with van der Waals surface area (Å²) in [6.07, 6.45) is -0.587. The number of amides is 1. The van der Waals surface area contributed by atoms with Crippen LogP contribution in [0, 0.1) is 0 Å². The van der Waals surface area contributed by atoms with Crippen molar-refractivity contribution in [2.45, 2.75) is 6.42 Å². The highest BCUT2D eigenvalue weighted by atomic mass is 32.2. The molecule has 5 nitrogen and oxygen atoms in total. The zero-order chi connectivity index (χ0) is 7.98. The van der Waals surface area contributed by atoms with Gasteiger partial charge in [0.15, 0.2) is 0 Å². The topological polar surface area (TPSA) is 92.5 Å². The highest BCUT2D eigenvalue weighted by Crippen LogP contribution is 1.84. The zero-order valence-electron chi connectivity index (χ0n) is 5.24. The number of carbonyl (C=O) groups is 1. The first kappa shape index (κ1) is 9.38. The van der Waals surface area contributed by atoms with Gasteiger partial charge in [-0.3, -0.25) is 4.21 Å². The van der Waals surface area contributed by atoms with E-state index in [0.29, 0.717) is 6.42 Å². The normalized spacial score (nSPS) is 12.5. The van der Waals surface area contributed by atoms with Gasteiger partial charge in [-0.1, -0.05) is 11.1 Å². The predicted molar refractivity (Wildman–Crippen MR) is 33.9 cm³/mol. The first-order chi connectivity index (χ1) is 4.63. The van der Waals surface area contributed by atoms with Crippen molar-refractivity contribution in [3.8, 4) is 0 Å². The summed E-state index contributed by atoms with van der Waals surface area (Å²) in [6, 6.07) is 0. The second-order valence-corrected chi connectivity index (χ2v) is 2.54. The fraction of sp³-hybridized carbons (Fsp3) is 0.750. The van der Waals surface area contributed by atoms with Gasteiger partial charge in [-0.25, -0.2) is 4.79 Å². The molecule has 0 saturated heterocycles. The molecule has 0 aromatic rings. The summed E-state index contributed by atoms with van der Waals surface area (Å²) in [7, 11) is 0. The van der Waals surface area contributed by atoms with Crippen LogP contribution in [0.25, 0.3) is 0 Å². The Labute approximate surface area is 60.8 Å². The van der Waals surface area contributed by atoms with Crippen molar-refractivity contribution in [2.24, 2.45) is 5.73 Å². The number of primary amides is 1. The SMILES string of the molecule is NC(=O)OCCCS(=O)[O-]. The van der Waals surface area contributed by atoms with Gasteiger partial charge in [-0.05, 0) is 6.42 Å². The van der Waals surface area contributed by atoms with Crippen molar-refractivity contribution in [3.05, 3.63) is 0 Å². The molecule has 2 N–H and O–H groups in total. The van der Waals surface area contributed by atoms with Crippen molar-refractivity contribution in [1.82, 2.24) is 0 Å². The first-order valence-electron chi connectivity index (χ1n) is 2.61. The number of hydrogen-bond acceptors (Lipinski definition) is 4. The maximum Gasteiger partial charge on any atom is 0.404 e. The summed E-state index contributed by atoms with van der Waals surface area (Å²) in [5, 5.41) is 0. The van der Waals surface area contributed by atoms with E-state index in [1.807, 2.05) is 0 Å². The second kappa shape index (κ2) is 5.19. The first-order valence-corrected chi connectivity index (χ1v) is 3.85. The Balaban J connectivity index is 3.06. The monoisotopic (exact) mass is 166 g/mol. The third-order valence-corrected chi connectivity index (χ3v) is 1.32. The average Bonchev–Trinajstić information content (AvgIpc) is 1.79. The van der Waals surface area contributed by atoms with Crippen LogP contribution in [0.3, 0.4) is 0 Å². The van der Waals surface area contributed by atoms with Gasteiger partial charge in [0.05, 0.1) is 6.61 Å². The summed E-state index contributed by atoms with van der Waals surface area (Å²) < 4.78 is 24.0. The lowest BCUT2D eigenvalue weighted by molar-refractivity contribution is 0.157. The minimum Gasteiger partial charge on any atom is -0.772 e. The summed E-state index contributed by atoms with van der Waals surface area (Å²) in [6.45, 7) is 0.0588. The van der Waals surface area contributed by atoms with Crippen molar-refractivity contribution in [1.29, 1.82) is 0 Å². The van der Waals surface area contributed by atoms with E-state index in [1.54, 1.807) is 0 Å². The van der Waals surface area contributed by atoms with Gasteiger partial charge in [0.25, 0.3) is 0 Å². The molecular formula is C4H8NO4S-. The van der Waals surface area contributed by atoms with Crippen molar-refractivity contribution in [2.75, 3.05) is 12.4 Å². The second-order valence-electron chi connectivity index (χ2n) is 1.53. The lowest BCUT2D eigenvalue weighted by Gasteiger charge is -2.03. The minimum atomic E-state index is -2.06. The zero-order valence-corrected chi connectivity index (χ0v) is 6.06. The average molecular weight is 166 g/mol. The van der Waals surface area contributed by atoms with Crippen LogP contribution in [0.4, 0.5) is 4.79 Å². The van der Waals surface area contributed by atoms with Crippen LogP contribution < -0.4 is 5.73 Å². The van der Waals surface area contributed by atoms with E-state index >= 15 is 0 Å². The van der Waals surface area contributed by atoms with Gasteiger partial charge >= 0.3 is 6.09 Å². The number of ether oxygens (including phenoxy) is 1. The molecule has 60 valence electrons. The Morgan fingerprint density at radius 3 is 2.70 bits per heavy atom. The van der Waals surface area contributed by atoms with E-state index in [4.69, 9.17) is 0 Å². The van der Waals surface area contributed by atoms with Crippen LogP contribution in [0.1, 0.15) is 6.42 Å². The molecule has 0 spiro atoms.